The van der Waals surface area contributed by atoms with Crippen LogP contribution in [0.4, 0.5) is 5.82 Å². The summed E-state index contributed by atoms with van der Waals surface area (Å²) >= 11 is 12.4. The maximum Gasteiger partial charge on any atom is 0.145 e. The summed E-state index contributed by atoms with van der Waals surface area (Å²) in [6, 6.07) is 5.73. The number of ether oxygens (including phenoxy) is 1. The molecule has 0 aliphatic carbocycles. The molecule has 2 aromatic rings. The molecule has 106 valence electrons. The Morgan fingerprint density at radius 1 is 1.10 bits per heavy atom. The molecule has 20 heavy (non-hydrogen) atoms. The second-order valence-corrected chi connectivity index (χ2v) is 5.37. The molecule has 1 N–H and O–H groups in total. The van der Waals surface area contributed by atoms with Crippen LogP contribution in [0.25, 0.3) is 11.3 Å². The Labute approximate surface area is 128 Å². The molecule has 0 unspecified atom stereocenters. The Kier molecular flexibility index (Phi) is 4.41. The van der Waals surface area contributed by atoms with E-state index in [9.17, 15) is 0 Å². The van der Waals surface area contributed by atoms with Crippen molar-refractivity contribution in [3.8, 4) is 17.0 Å². The van der Waals surface area contributed by atoms with Crippen molar-refractivity contribution in [2.75, 3.05) is 19.5 Å². The van der Waals surface area contributed by atoms with Crippen LogP contribution in [0.3, 0.4) is 0 Å². The number of aromatic nitrogens is 1. The fourth-order valence-corrected chi connectivity index (χ4v) is 2.76. The van der Waals surface area contributed by atoms with Crippen LogP contribution in [0.15, 0.2) is 18.2 Å². The highest BCUT2D eigenvalue weighted by Gasteiger charge is 2.17. The summed E-state index contributed by atoms with van der Waals surface area (Å²) in [5, 5.41) is 3.95. The van der Waals surface area contributed by atoms with Crippen molar-refractivity contribution in [3.05, 3.63) is 39.4 Å². The van der Waals surface area contributed by atoms with Gasteiger partial charge in [0.2, 0.25) is 0 Å². The van der Waals surface area contributed by atoms with E-state index >= 15 is 0 Å². The van der Waals surface area contributed by atoms with Gasteiger partial charge in [0.25, 0.3) is 0 Å². The van der Waals surface area contributed by atoms with Gasteiger partial charge in [0.1, 0.15) is 11.6 Å². The summed E-state index contributed by atoms with van der Waals surface area (Å²) in [4.78, 5) is 4.50. The molecule has 1 aromatic carbocycles. The summed E-state index contributed by atoms with van der Waals surface area (Å²) in [6.45, 7) is 4.03. The van der Waals surface area contributed by atoms with Gasteiger partial charge < -0.3 is 10.1 Å². The van der Waals surface area contributed by atoms with Gasteiger partial charge >= 0.3 is 0 Å². The summed E-state index contributed by atoms with van der Waals surface area (Å²) in [7, 11) is 3.41. The zero-order valence-electron chi connectivity index (χ0n) is 11.8. The van der Waals surface area contributed by atoms with Crippen LogP contribution in [-0.4, -0.2) is 19.1 Å². The molecular formula is C15H16Cl2N2O. The first-order valence-corrected chi connectivity index (χ1v) is 6.93. The number of benzene rings is 1. The van der Waals surface area contributed by atoms with E-state index in [0.29, 0.717) is 21.6 Å². The lowest BCUT2D eigenvalue weighted by Crippen LogP contribution is -1.99. The van der Waals surface area contributed by atoms with E-state index in [1.54, 1.807) is 20.2 Å². The van der Waals surface area contributed by atoms with Gasteiger partial charge in [0, 0.05) is 12.6 Å². The van der Waals surface area contributed by atoms with Gasteiger partial charge in [-0.3, -0.25) is 0 Å². The van der Waals surface area contributed by atoms with E-state index in [1.165, 1.54) is 0 Å². The number of methoxy groups -OCH3 is 1. The van der Waals surface area contributed by atoms with Gasteiger partial charge in [-0.15, -0.1) is 0 Å². The molecular weight excluding hydrogens is 295 g/mol. The smallest absolute Gasteiger partial charge is 0.145 e. The molecule has 0 radical (unpaired) electrons. The van der Waals surface area contributed by atoms with Crippen LogP contribution < -0.4 is 10.1 Å². The van der Waals surface area contributed by atoms with Gasteiger partial charge in [0.15, 0.2) is 0 Å². The van der Waals surface area contributed by atoms with Gasteiger partial charge in [-0.05, 0) is 37.1 Å². The molecule has 1 heterocycles. The Morgan fingerprint density at radius 3 is 2.40 bits per heavy atom. The quantitative estimate of drug-likeness (QED) is 0.890. The maximum atomic E-state index is 6.30. The molecule has 0 aliphatic heterocycles. The first kappa shape index (κ1) is 14.9. The number of nitrogens with zero attached hydrogens (tertiary/aromatic N) is 1. The number of hydrogen-bond acceptors (Lipinski definition) is 3. The van der Waals surface area contributed by atoms with Gasteiger partial charge in [0.05, 0.1) is 22.8 Å². The lowest BCUT2D eigenvalue weighted by Gasteiger charge is -2.15. The van der Waals surface area contributed by atoms with Crippen molar-refractivity contribution in [2.24, 2.45) is 0 Å². The molecule has 2 rings (SSSR count). The molecule has 1 aromatic heterocycles. The molecule has 5 heteroatoms. The standard InChI is InChI=1S/C15H16Cl2N2O/c1-8-5-9(2)13(12(6-8)20-4)14-10(16)7-11(17)15(18-3)19-14/h5-7H,1-4H3,(H,18,19). The lowest BCUT2D eigenvalue weighted by molar-refractivity contribution is 0.415. The van der Waals surface area contributed by atoms with E-state index < -0.39 is 0 Å². The Morgan fingerprint density at radius 2 is 1.80 bits per heavy atom. The molecule has 0 saturated carbocycles. The van der Waals surface area contributed by atoms with Crippen molar-refractivity contribution in [2.45, 2.75) is 13.8 Å². The van der Waals surface area contributed by atoms with Crippen molar-refractivity contribution in [1.82, 2.24) is 4.98 Å². The number of aryl methyl sites for hydroxylation is 2. The van der Waals surface area contributed by atoms with Crippen molar-refractivity contribution in [1.29, 1.82) is 0 Å². The summed E-state index contributed by atoms with van der Waals surface area (Å²) in [5.74, 6) is 1.34. The van der Waals surface area contributed by atoms with Crippen molar-refractivity contribution < 1.29 is 4.74 Å². The summed E-state index contributed by atoms with van der Waals surface area (Å²) in [5.41, 5.74) is 3.73. The largest absolute Gasteiger partial charge is 0.496 e. The molecule has 0 amide bonds. The first-order valence-electron chi connectivity index (χ1n) is 6.17. The summed E-state index contributed by atoms with van der Waals surface area (Å²) in [6.07, 6.45) is 0. The minimum atomic E-state index is 0.491. The first-order chi connectivity index (χ1) is 9.47. The molecule has 0 fully saturated rings. The number of hydrogen-bond donors (Lipinski definition) is 1. The fourth-order valence-electron chi connectivity index (χ4n) is 2.21. The number of anilines is 1. The molecule has 0 spiro atoms. The lowest BCUT2D eigenvalue weighted by atomic mass is 10.0. The van der Waals surface area contributed by atoms with Crippen LogP contribution >= 0.6 is 23.2 Å². The van der Waals surface area contributed by atoms with Crippen LogP contribution in [-0.2, 0) is 0 Å². The van der Waals surface area contributed by atoms with Crippen LogP contribution in [0.1, 0.15) is 11.1 Å². The Hall–Kier alpha value is -1.45. The monoisotopic (exact) mass is 310 g/mol. The van der Waals surface area contributed by atoms with Gasteiger partial charge in [-0.25, -0.2) is 4.98 Å². The minimum Gasteiger partial charge on any atom is -0.496 e. The van der Waals surface area contributed by atoms with Gasteiger partial charge in [-0.1, -0.05) is 29.3 Å². The highest BCUT2D eigenvalue weighted by Crippen LogP contribution is 2.39. The predicted octanol–water partition coefficient (Wildman–Crippen LogP) is 4.72. The average Bonchev–Trinajstić information content (AvgIpc) is 2.39. The average molecular weight is 311 g/mol. The predicted molar refractivity (Wildman–Crippen MR) is 85.3 cm³/mol. The van der Waals surface area contributed by atoms with Gasteiger partial charge in [-0.2, -0.15) is 0 Å². The van der Waals surface area contributed by atoms with Crippen molar-refractivity contribution >= 4 is 29.0 Å². The fraction of sp³-hybridized carbons (Fsp3) is 0.267. The number of rotatable bonds is 3. The third kappa shape index (κ3) is 2.69. The van der Waals surface area contributed by atoms with E-state index in [0.717, 1.165) is 22.4 Å². The molecule has 0 atom stereocenters. The minimum absolute atomic E-state index is 0.491. The SMILES string of the molecule is CNc1nc(-c2c(C)cc(C)cc2OC)c(Cl)cc1Cl. The molecule has 0 aliphatic rings. The van der Waals surface area contributed by atoms with Crippen LogP contribution in [0.5, 0.6) is 5.75 Å². The third-order valence-corrected chi connectivity index (χ3v) is 3.64. The number of pyridine rings is 1. The zero-order chi connectivity index (χ0) is 14.9. The van der Waals surface area contributed by atoms with Crippen LogP contribution in [0, 0.1) is 13.8 Å². The highest BCUT2D eigenvalue weighted by atomic mass is 35.5. The van der Waals surface area contributed by atoms with E-state index in [4.69, 9.17) is 27.9 Å². The second kappa shape index (κ2) is 5.90. The molecule has 0 saturated heterocycles. The second-order valence-electron chi connectivity index (χ2n) is 4.56. The normalized spacial score (nSPS) is 10.5. The number of nitrogens with one attached hydrogen (secondary N) is 1. The molecule has 3 nitrogen and oxygen atoms in total. The summed E-state index contributed by atoms with van der Waals surface area (Å²) < 4.78 is 5.47. The highest BCUT2D eigenvalue weighted by molar-refractivity contribution is 6.37. The van der Waals surface area contributed by atoms with Crippen molar-refractivity contribution in [3.63, 3.8) is 0 Å². The van der Waals surface area contributed by atoms with E-state index in [-0.39, 0.29) is 0 Å². The Bertz CT molecular complexity index is 657. The Balaban J connectivity index is 2.74. The topological polar surface area (TPSA) is 34.2 Å². The van der Waals surface area contributed by atoms with E-state index in [2.05, 4.69) is 16.4 Å². The number of halogens is 2. The molecule has 0 bridgehead atoms. The third-order valence-electron chi connectivity index (χ3n) is 3.07. The maximum absolute atomic E-state index is 6.30. The van der Waals surface area contributed by atoms with E-state index in [1.807, 2.05) is 19.9 Å². The van der Waals surface area contributed by atoms with Crippen LogP contribution in [0.2, 0.25) is 10.0 Å². The zero-order valence-corrected chi connectivity index (χ0v) is 13.4.